The van der Waals surface area contributed by atoms with Crippen LogP contribution in [0.4, 0.5) is 0 Å². The highest BCUT2D eigenvalue weighted by Crippen LogP contribution is 2.26. The van der Waals surface area contributed by atoms with Gasteiger partial charge in [0.1, 0.15) is 0 Å². The number of unbranched alkanes of at least 4 members (excludes halogenated alkanes) is 1. The lowest BCUT2D eigenvalue weighted by Gasteiger charge is -2.41. The van der Waals surface area contributed by atoms with Crippen molar-refractivity contribution in [2.45, 2.75) is 66.0 Å². The van der Waals surface area contributed by atoms with Gasteiger partial charge in [0.2, 0.25) is 0 Å². The van der Waals surface area contributed by atoms with Crippen LogP contribution in [0.3, 0.4) is 0 Å². The van der Waals surface area contributed by atoms with Crippen molar-refractivity contribution in [3.63, 3.8) is 0 Å². The molecule has 0 aromatic heterocycles. The van der Waals surface area contributed by atoms with Gasteiger partial charge in [-0.3, -0.25) is 0 Å². The maximum absolute atomic E-state index is 6.23. The average Bonchev–Trinajstić information content (AvgIpc) is 2.12. The van der Waals surface area contributed by atoms with Crippen LogP contribution in [0.1, 0.15) is 53.9 Å². The minimum absolute atomic E-state index is 0.262. The number of rotatable bonds is 6. The molecule has 0 radical (unpaired) electrons. The largest absolute Gasteiger partial charge is 0.326 e. The number of likely N-dealkylation sites (N-methyl/N-ethyl adjacent to an activating group) is 1. The SMILES string of the molecule is CCCCN(C)C(C(N)CC)C(C)(C)C. The molecule has 2 nitrogen and oxygen atoms in total. The van der Waals surface area contributed by atoms with E-state index in [9.17, 15) is 0 Å². The molecule has 0 aliphatic carbocycles. The summed E-state index contributed by atoms with van der Waals surface area (Å²) in [5, 5.41) is 0. The summed E-state index contributed by atoms with van der Waals surface area (Å²) in [6.07, 6.45) is 3.57. The summed E-state index contributed by atoms with van der Waals surface area (Å²) in [5.41, 5.74) is 6.50. The van der Waals surface area contributed by atoms with Gasteiger partial charge in [0.05, 0.1) is 0 Å². The lowest BCUT2D eigenvalue weighted by atomic mass is 9.80. The minimum atomic E-state index is 0.262. The van der Waals surface area contributed by atoms with Crippen LogP contribution in [0.2, 0.25) is 0 Å². The van der Waals surface area contributed by atoms with E-state index in [1.165, 1.54) is 12.8 Å². The van der Waals surface area contributed by atoms with Gasteiger partial charge in [0.15, 0.2) is 0 Å². The van der Waals surface area contributed by atoms with E-state index in [4.69, 9.17) is 5.73 Å². The van der Waals surface area contributed by atoms with Crippen molar-refractivity contribution in [1.82, 2.24) is 4.90 Å². The second-order valence-corrected chi connectivity index (χ2v) is 5.72. The molecule has 0 aromatic rings. The average molecular weight is 214 g/mol. The Morgan fingerprint density at radius 2 is 1.73 bits per heavy atom. The van der Waals surface area contributed by atoms with E-state index in [2.05, 4.69) is 46.6 Å². The molecular formula is C13H30N2. The summed E-state index contributed by atoms with van der Waals surface area (Å²) in [5.74, 6) is 0. The first kappa shape index (κ1) is 14.9. The van der Waals surface area contributed by atoms with Crippen LogP contribution in [0.5, 0.6) is 0 Å². The molecule has 2 heteroatoms. The quantitative estimate of drug-likeness (QED) is 0.736. The fourth-order valence-corrected chi connectivity index (χ4v) is 2.40. The molecule has 92 valence electrons. The molecule has 15 heavy (non-hydrogen) atoms. The Balaban J connectivity index is 4.48. The van der Waals surface area contributed by atoms with E-state index in [1.807, 2.05) is 0 Å². The Hall–Kier alpha value is -0.0800. The first-order valence-corrected chi connectivity index (χ1v) is 6.30. The molecule has 2 unspecified atom stereocenters. The number of hydrogen-bond acceptors (Lipinski definition) is 2. The van der Waals surface area contributed by atoms with Crippen LogP contribution in [-0.2, 0) is 0 Å². The maximum atomic E-state index is 6.23. The third-order valence-electron chi connectivity index (χ3n) is 3.10. The number of hydrogen-bond donors (Lipinski definition) is 1. The Morgan fingerprint density at radius 1 is 1.20 bits per heavy atom. The first-order chi connectivity index (χ1) is 6.84. The van der Waals surface area contributed by atoms with E-state index < -0.39 is 0 Å². The summed E-state index contributed by atoms with van der Waals surface area (Å²) >= 11 is 0. The van der Waals surface area contributed by atoms with Gasteiger partial charge in [-0.15, -0.1) is 0 Å². The molecule has 0 aliphatic rings. The Bertz CT molecular complexity index is 160. The number of nitrogens with two attached hydrogens (primary N) is 1. The van der Waals surface area contributed by atoms with Crippen LogP contribution in [0.25, 0.3) is 0 Å². The first-order valence-electron chi connectivity index (χ1n) is 6.30. The highest BCUT2D eigenvalue weighted by Gasteiger charge is 2.32. The van der Waals surface area contributed by atoms with E-state index >= 15 is 0 Å². The van der Waals surface area contributed by atoms with Crippen molar-refractivity contribution in [3.05, 3.63) is 0 Å². The van der Waals surface area contributed by atoms with Crippen LogP contribution in [0, 0.1) is 5.41 Å². The van der Waals surface area contributed by atoms with Crippen LogP contribution in [0.15, 0.2) is 0 Å². The zero-order valence-corrected chi connectivity index (χ0v) is 11.5. The molecule has 0 saturated heterocycles. The van der Waals surface area contributed by atoms with Gasteiger partial charge in [-0.05, 0) is 31.8 Å². The molecule has 0 aliphatic heterocycles. The molecule has 0 heterocycles. The monoisotopic (exact) mass is 214 g/mol. The lowest BCUT2D eigenvalue weighted by Crippen LogP contribution is -2.53. The Kier molecular flexibility index (Phi) is 6.46. The van der Waals surface area contributed by atoms with Gasteiger partial charge in [-0.1, -0.05) is 41.0 Å². The summed E-state index contributed by atoms with van der Waals surface area (Å²) < 4.78 is 0. The molecule has 0 fully saturated rings. The molecule has 0 amide bonds. The maximum Gasteiger partial charge on any atom is 0.0292 e. The van der Waals surface area contributed by atoms with Crippen LogP contribution in [-0.4, -0.2) is 30.6 Å². The molecule has 0 bridgehead atoms. The van der Waals surface area contributed by atoms with E-state index in [1.54, 1.807) is 0 Å². The fraction of sp³-hybridized carbons (Fsp3) is 1.00. The molecule has 0 rings (SSSR count). The zero-order valence-electron chi connectivity index (χ0n) is 11.5. The van der Waals surface area contributed by atoms with Gasteiger partial charge in [0.25, 0.3) is 0 Å². The van der Waals surface area contributed by atoms with Gasteiger partial charge >= 0.3 is 0 Å². The second-order valence-electron chi connectivity index (χ2n) is 5.72. The van der Waals surface area contributed by atoms with Crippen molar-refractivity contribution >= 4 is 0 Å². The Morgan fingerprint density at radius 3 is 2.07 bits per heavy atom. The molecule has 0 aromatic carbocycles. The topological polar surface area (TPSA) is 29.3 Å². The van der Waals surface area contributed by atoms with Crippen molar-refractivity contribution < 1.29 is 0 Å². The molecule has 0 saturated carbocycles. The van der Waals surface area contributed by atoms with Crippen molar-refractivity contribution in [3.8, 4) is 0 Å². The fourth-order valence-electron chi connectivity index (χ4n) is 2.40. The van der Waals surface area contributed by atoms with E-state index in [-0.39, 0.29) is 11.5 Å². The van der Waals surface area contributed by atoms with Crippen molar-refractivity contribution in [1.29, 1.82) is 0 Å². The van der Waals surface area contributed by atoms with Gasteiger partial charge in [-0.25, -0.2) is 0 Å². The van der Waals surface area contributed by atoms with Gasteiger partial charge in [0, 0.05) is 12.1 Å². The lowest BCUT2D eigenvalue weighted by molar-refractivity contribution is 0.0986. The summed E-state index contributed by atoms with van der Waals surface area (Å²) in [4.78, 5) is 2.44. The van der Waals surface area contributed by atoms with Crippen LogP contribution >= 0.6 is 0 Å². The second kappa shape index (κ2) is 6.49. The predicted molar refractivity (Wildman–Crippen MR) is 69.0 cm³/mol. The summed E-state index contributed by atoms with van der Waals surface area (Å²) in [7, 11) is 2.21. The molecule has 2 atom stereocenters. The highest BCUT2D eigenvalue weighted by atomic mass is 15.2. The highest BCUT2D eigenvalue weighted by molar-refractivity contribution is 4.89. The Labute approximate surface area is 96.2 Å². The third kappa shape index (κ3) is 4.98. The predicted octanol–water partition coefficient (Wildman–Crippen LogP) is 2.87. The normalized spacial score (nSPS) is 16.8. The molecule has 2 N–H and O–H groups in total. The van der Waals surface area contributed by atoms with Crippen LogP contribution < -0.4 is 5.73 Å². The van der Waals surface area contributed by atoms with Crippen molar-refractivity contribution in [2.24, 2.45) is 11.1 Å². The van der Waals surface area contributed by atoms with Crippen molar-refractivity contribution in [2.75, 3.05) is 13.6 Å². The number of nitrogens with zero attached hydrogens (tertiary/aromatic N) is 1. The van der Waals surface area contributed by atoms with Gasteiger partial charge in [-0.2, -0.15) is 0 Å². The smallest absolute Gasteiger partial charge is 0.0292 e. The summed E-state index contributed by atoms with van der Waals surface area (Å²) in [6.45, 7) is 12.4. The van der Waals surface area contributed by atoms with Gasteiger partial charge < -0.3 is 10.6 Å². The third-order valence-corrected chi connectivity index (χ3v) is 3.10. The molecule has 0 spiro atoms. The summed E-state index contributed by atoms with van der Waals surface area (Å²) in [6, 6.07) is 0.765. The van der Waals surface area contributed by atoms with E-state index in [0.717, 1.165) is 13.0 Å². The molecular weight excluding hydrogens is 184 g/mol. The van der Waals surface area contributed by atoms with E-state index in [0.29, 0.717) is 6.04 Å². The zero-order chi connectivity index (χ0) is 12.1. The minimum Gasteiger partial charge on any atom is -0.326 e. The standard InChI is InChI=1S/C13H30N2/c1-7-9-10-15(6)12(11(14)8-2)13(3,4)5/h11-12H,7-10,14H2,1-6H3.